The van der Waals surface area contributed by atoms with Crippen LogP contribution < -0.4 is 4.84 Å². The lowest BCUT2D eigenvalue weighted by Gasteiger charge is -2.24. The first kappa shape index (κ1) is 12.5. The van der Waals surface area contributed by atoms with Gasteiger partial charge in [0.2, 0.25) is 0 Å². The largest absolute Gasteiger partial charge is 0.435 e. The Kier molecular flexibility index (Phi) is 3.42. The zero-order valence-electron chi connectivity index (χ0n) is 10.4. The third-order valence-electron chi connectivity index (χ3n) is 3.26. The number of amides is 1. The van der Waals surface area contributed by atoms with Crippen molar-refractivity contribution in [1.29, 1.82) is 0 Å². The molecule has 0 atom stereocenters. The molecule has 0 aliphatic carbocycles. The molecule has 2 heterocycles. The van der Waals surface area contributed by atoms with Gasteiger partial charge >= 0.3 is 6.09 Å². The van der Waals surface area contributed by atoms with E-state index in [0.29, 0.717) is 0 Å². The highest BCUT2D eigenvalue weighted by Crippen LogP contribution is 2.22. The molecule has 0 radical (unpaired) electrons. The molecular formula is C13H14BrN3O2. The molecule has 1 fully saturated rings. The Morgan fingerprint density at radius 3 is 2.79 bits per heavy atom. The predicted octanol–water partition coefficient (Wildman–Crippen LogP) is 2.83. The standard InChI is InChI=1S/C13H14BrN3O2/c14-11-5-4-6-12-10(11)9-17(15-12)19-13(18)16-7-2-1-3-8-16/h4-6,9H,1-3,7-8H2. The molecule has 0 N–H and O–H groups in total. The van der Waals surface area contributed by atoms with Gasteiger partial charge in [0.15, 0.2) is 0 Å². The number of halogens is 1. The van der Waals surface area contributed by atoms with Gasteiger partial charge < -0.3 is 4.90 Å². The summed E-state index contributed by atoms with van der Waals surface area (Å²) in [6.07, 6.45) is 4.65. The van der Waals surface area contributed by atoms with Crippen molar-refractivity contribution in [3.63, 3.8) is 0 Å². The number of fused-ring (bicyclic) bond motifs is 1. The topological polar surface area (TPSA) is 47.4 Å². The fourth-order valence-corrected chi connectivity index (χ4v) is 2.71. The van der Waals surface area contributed by atoms with Gasteiger partial charge in [-0.1, -0.05) is 26.8 Å². The van der Waals surface area contributed by atoms with Crippen LogP contribution in [0.1, 0.15) is 19.3 Å². The minimum atomic E-state index is -0.330. The van der Waals surface area contributed by atoms with E-state index in [2.05, 4.69) is 21.0 Å². The molecule has 0 bridgehead atoms. The third kappa shape index (κ3) is 2.58. The molecule has 5 nitrogen and oxygen atoms in total. The Morgan fingerprint density at radius 1 is 1.26 bits per heavy atom. The van der Waals surface area contributed by atoms with Crippen LogP contribution in [0.15, 0.2) is 28.9 Å². The van der Waals surface area contributed by atoms with Crippen molar-refractivity contribution in [3.05, 3.63) is 28.9 Å². The number of likely N-dealkylation sites (tertiary alicyclic amines) is 1. The highest BCUT2D eigenvalue weighted by molar-refractivity contribution is 9.10. The van der Waals surface area contributed by atoms with Gasteiger partial charge in [-0.05, 0) is 31.4 Å². The molecule has 3 rings (SSSR count). The molecule has 19 heavy (non-hydrogen) atoms. The van der Waals surface area contributed by atoms with Crippen molar-refractivity contribution in [2.45, 2.75) is 19.3 Å². The lowest BCUT2D eigenvalue weighted by Crippen LogP contribution is -2.40. The highest BCUT2D eigenvalue weighted by Gasteiger charge is 2.19. The monoisotopic (exact) mass is 323 g/mol. The number of piperidine rings is 1. The molecule has 100 valence electrons. The second-order valence-corrected chi connectivity index (χ2v) is 5.46. The van der Waals surface area contributed by atoms with Crippen molar-refractivity contribution in [2.75, 3.05) is 13.1 Å². The van der Waals surface area contributed by atoms with Crippen molar-refractivity contribution < 1.29 is 9.63 Å². The molecule has 2 aromatic rings. The van der Waals surface area contributed by atoms with Gasteiger partial charge in [0, 0.05) is 22.9 Å². The second-order valence-electron chi connectivity index (χ2n) is 4.61. The van der Waals surface area contributed by atoms with Crippen LogP contribution in [0, 0.1) is 0 Å². The number of carbonyl (C=O) groups excluding carboxylic acids is 1. The maximum absolute atomic E-state index is 12.0. The van der Waals surface area contributed by atoms with Crippen LogP contribution in [0.25, 0.3) is 10.9 Å². The van der Waals surface area contributed by atoms with Gasteiger partial charge in [0.1, 0.15) is 0 Å². The van der Waals surface area contributed by atoms with Crippen LogP contribution in [0.3, 0.4) is 0 Å². The molecule has 1 aromatic heterocycles. The van der Waals surface area contributed by atoms with E-state index in [1.807, 2.05) is 18.2 Å². The summed E-state index contributed by atoms with van der Waals surface area (Å²) in [4.78, 5) is 20.2. The normalized spacial score (nSPS) is 15.7. The summed E-state index contributed by atoms with van der Waals surface area (Å²) in [5.41, 5.74) is 0.792. The van der Waals surface area contributed by atoms with E-state index < -0.39 is 0 Å². The number of hydrogen-bond acceptors (Lipinski definition) is 3. The van der Waals surface area contributed by atoms with Gasteiger partial charge in [0.05, 0.1) is 11.7 Å². The van der Waals surface area contributed by atoms with Crippen molar-refractivity contribution in [2.24, 2.45) is 0 Å². The van der Waals surface area contributed by atoms with E-state index in [1.54, 1.807) is 11.1 Å². The number of rotatable bonds is 1. The van der Waals surface area contributed by atoms with Gasteiger partial charge in [-0.3, -0.25) is 4.84 Å². The summed E-state index contributed by atoms with van der Waals surface area (Å²) in [6, 6.07) is 5.71. The molecule has 0 saturated carbocycles. The van der Waals surface area contributed by atoms with E-state index in [9.17, 15) is 4.79 Å². The summed E-state index contributed by atoms with van der Waals surface area (Å²) in [5, 5.41) is 5.15. The molecule has 6 heteroatoms. The van der Waals surface area contributed by atoms with Gasteiger partial charge in [-0.2, -0.15) is 0 Å². The number of hydrogen-bond donors (Lipinski definition) is 0. The Hall–Kier alpha value is -1.56. The van der Waals surface area contributed by atoms with Crippen molar-refractivity contribution in [1.82, 2.24) is 14.8 Å². The molecule has 0 spiro atoms. The fourth-order valence-electron chi connectivity index (χ4n) is 2.25. The number of carbonyl (C=O) groups is 1. The highest BCUT2D eigenvalue weighted by atomic mass is 79.9. The molecule has 1 saturated heterocycles. The summed E-state index contributed by atoms with van der Waals surface area (Å²) in [5.74, 6) is 0. The average molecular weight is 324 g/mol. The van der Waals surface area contributed by atoms with Crippen LogP contribution in [0.5, 0.6) is 0 Å². The molecule has 0 unspecified atom stereocenters. The molecule has 1 aliphatic rings. The van der Waals surface area contributed by atoms with Crippen LogP contribution in [0.4, 0.5) is 4.79 Å². The smallest absolute Gasteiger partial charge is 0.306 e. The minimum absolute atomic E-state index is 0.330. The first-order valence-corrected chi connectivity index (χ1v) is 7.14. The third-order valence-corrected chi connectivity index (χ3v) is 3.95. The summed E-state index contributed by atoms with van der Waals surface area (Å²) in [7, 11) is 0. The zero-order valence-corrected chi connectivity index (χ0v) is 12.0. The Labute approximate surface area is 119 Å². The Balaban J connectivity index is 1.77. The Morgan fingerprint density at radius 2 is 2.05 bits per heavy atom. The van der Waals surface area contributed by atoms with Crippen molar-refractivity contribution in [3.8, 4) is 0 Å². The van der Waals surface area contributed by atoms with Gasteiger partial charge in [0.25, 0.3) is 0 Å². The number of nitrogens with zero attached hydrogens (tertiary/aromatic N) is 3. The van der Waals surface area contributed by atoms with Gasteiger partial charge in [-0.25, -0.2) is 4.79 Å². The quantitative estimate of drug-likeness (QED) is 0.810. The minimum Gasteiger partial charge on any atom is -0.306 e. The fraction of sp³-hybridized carbons (Fsp3) is 0.385. The lowest BCUT2D eigenvalue weighted by molar-refractivity contribution is 0.0739. The summed E-state index contributed by atoms with van der Waals surface area (Å²) >= 11 is 3.45. The van der Waals surface area contributed by atoms with Crippen LogP contribution >= 0.6 is 15.9 Å². The van der Waals surface area contributed by atoms with Crippen LogP contribution in [-0.2, 0) is 0 Å². The first-order valence-electron chi connectivity index (χ1n) is 6.35. The maximum atomic E-state index is 12.0. The van der Waals surface area contributed by atoms with E-state index in [-0.39, 0.29) is 6.09 Å². The van der Waals surface area contributed by atoms with Crippen LogP contribution in [0.2, 0.25) is 0 Å². The second kappa shape index (κ2) is 5.21. The maximum Gasteiger partial charge on any atom is 0.435 e. The van der Waals surface area contributed by atoms with Crippen LogP contribution in [-0.4, -0.2) is 34.0 Å². The predicted molar refractivity (Wildman–Crippen MR) is 74.8 cm³/mol. The lowest BCUT2D eigenvalue weighted by atomic mass is 10.1. The number of benzene rings is 1. The molecular weight excluding hydrogens is 310 g/mol. The van der Waals surface area contributed by atoms with E-state index >= 15 is 0 Å². The first-order chi connectivity index (χ1) is 9.24. The van der Waals surface area contributed by atoms with Gasteiger partial charge in [-0.15, -0.1) is 5.10 Å². The Bertz CT molecular complexity index is 605. The SMILES string of the molecule is O=C(On1cc2c(Br)cccc2n1)N1CCCCC1. The average Bonchev–Trinajstić information content (AvgIpc) is 2.84. The number of aromatic nitrogens is 2. The molecule has 1 amide bonds. The zero-order chi connectivity index (χ0) is 13.2. The molecule has 1 aliphatic heterocycles. The van der Waals surface area contributed by atoms with E-state index in [4.69, 9.17) is 4.84 Å². The summed E-state index contributed by atoms with van der Waals surface area (Å²) < 4.78 is 0.935. The van der Waals surface area contributed by atoms with Crippen molar-refractivity contribution >= 4 is 32.9 Å². The van der Waals surface area contributed by atoms with E-state index in [1.165, 1.54) is 11.3 Å². The molecule has 1 aromatic carbocycles. The summed E-state index contributed by atoms with van der Waals surface area (Å²) in [6.45, 7) is 1.53. The van der Waals surface area contributed by atoms with E-state index in [0.717, 1.165) is 41.3 Å².